The van der Waals surface area contributed by atoms with Crippen LogP contribution in [0.25, 0.3) is 21.2 Å². The van der Waals surface area contributed by atoms with E-state index in [-0.39, 0.29) is 0 Å². The monoisotopic (exact) mass is 429 g/mol. The van der Waals surface area contributed by atoms with Crippen LogP contribution >= 0.6 is 27.3 Å². The molecular weight excluding hydrogens is 406 g/mol. The zero-order valence-corrected chi connectivity index (χ0v) is 17.5. The van der Waals surface area contributed by atoms with Crippen molar-refractivity contribution in [2.24, 2.45) is 0 Å². The Kier molecular flexibility index (Phi) is 5.63. The van der Waals surface area contributed by atoms with Crippen molar-refractivity contribution in [1.29, 1.82) is 0 Å². The predicted molar refractivity (Wildman–Crippen MR) is 115 cm³/mol. The van der Waals surface area contributed by atoms with Gasteiger partial charge in [-0.15, -0.1) is 11.3 Å². The van der Waals surface area contributed by atoms with E-state index >= 15 is 0 Å². The molecule has 1 fully saturated rings. The molecule has 136 valence electrons. The van der Waals surface area contributed by atoms with Crippen molar-refractivity contribution in [3.05, 3.63) is 51.8 Å². The van der Waals surface area contributed by atoms with Gasteiger partial charge in [0.25, 0.3) is 0 Å². The minimum absolute atomic E-state index is 0.809. The Morgan fingerprint density at radius 1 is 1.08 bits per heavy atom. The van der Waals surface area contributed by atoms with Crippen LogP contribution in [0.3, 0.4) is 0 Å². The van der Waals surface area contributed by atoms with Gasteiger partial charge in [0.05, 0.1) is 6.61 Å². The smallest absolute Gasteiger partial charge is 0.120 e. The first kappa shape index (κ1) is 18.0. The summed E-state index contributed by atoms with van der Waals surface area (Å²) in [7, 11) is 0. The average molecular weight is 430 g/mol. The minimum Gasteiger partial charge on any atom is -0.494 e. The molecule has 1 aliphatic heterocycles. The number of ether oxygens (including phenoxy) is 1. The van der Waals surface area contributed by atoms with E-state index in [2.05, 4.69) is 70.2 Å². The Hall–Kier alpha value is -1.36. The van der Waals surface area contributed by atoms with E-state index in [0.717, 1.165) is 23.2 Å². The van der Waals surface area contributed by atoms with Gasteiger partial charge < -0.3 is 9.64 Å². The second kappa shape index (κ2) is 8.12. The topological polar surface area (TPSA) is 12.5 Å². The summed E-state index contributed by atoms with van der Waals surface area (Å²) in [6.07, 6.45) is 3.73. The largest absolute Gasteiger partial charge is 0.494 e. The summed E-state index contributed by atoms with van der Waals surface area (Å²) in [5.74, 6) is 0.991. The first-order valence-corrected chi connectivity index (χ1v) is 11.0. The first-order valence-electron chi connectivity index (χ1n) is 9.35. The third-order valence-electron chi connectivity index (χ3n) is 5.06. The minimum atomic E-state index is 0.809. The Bertz CT molecular complexity index is 883. The summed E-state index contributed by atoms with van der Waals surface area (Å²) in [6, 6.07) is 15.1. The number of rotatable bonds is 7. The van der Waals surface area contributed by atoms with Crippen LogP contribution in [0.15, 0.2) is 46.9 Å². The lowest BCUT2D eigenvalue weighted by Gasteiger charge is -2.30. The molecule has 1 aromatic heterocycles. The van der Waals surface area contributed by atoms with Gasteiger partial charge in [-0.2, -0.15) is 0 Å². The van der Waals surface area contributed by atoms with E-state index in [4.69, 9.17) is 4.74 Å². The van der Waals surface area contributed by atoms with Crippen LogP contribution in [0, 0.1) is 6.92 Å². The quantitative estimate of drug-likeness (QED) is 0.397. The lowest BCUT2D eigenvalue weighted by atomic mass is 10.0. The molecule has 0 saturated carbocycles. The summed E-state index contributed by atoms with van der Waals surface area (Å²) in [6.45, 7) is 6.82. The fraction of sp³-hybridized carbons (Fsp3) is 0.364. The van der Waals surface area contributed by atoms with E-state index in [1.165, 1.54) is 58.6 Å². The van der Waals surface area contributed by atoms with Crippen LogP contribution in [-0.2, 0) is 0 Å². The third-order valence-corrected chi connectivity index (χ3v) is 6.65. The van der Waals surface area contributed by atoms with Gasteiger partial charge in [0.15, 0.2) is 0 Å². The molecule has 2 nitrogen and oxygen atoms in total. The number of nitrogens with zero attached hydrogens (tertiary/aromatic N) is 1. The van der Waals surface area contributed by atoms with Crippen LogP contribution in [-0.4, -0.2) is 31.1 Å². The van der Waals surface area contributed by atoms with Gasteiger partial charge in [-0.1, -0.05) is 28.1 Å². The molecular formula is C22H24BrNOS. The van der Waals surface area contributed by atoms with Crippen LogP contribution in [0.2, 0.25) is 0 Å². The molecule has 1 aliphatic rings. The molecule has 1 saturated heterocycles. The maximum Gasteiger partial charge on any atom is 0.120 e. The van der Waals surface area contributed by atoms with Crippen LogP contribution in [0.1, 0.15) is 24.1 Å². The molecule has 2 heterocycles. The fourth-order valence-corrected chi connectivity index (χ4v) is 4.88. The normalized spacial score (nSPS) is 14.5. The highest BCUT2D eigenvalue weighted by atomic mass is 79.9. The summed E-state index contributed by atoms with van der Waals surface area (Å²) >= 11 is 5.37. The van der Waals surface area contributed by atoms with Gasteiger partial charge in [0, 0.05) is 25.0 Å². The highest BCUT2D eigenvalue weighted by Crippen LogP contribution is 2.40. The number of hydrogen-bond donors (Lipinski definition) is 0. The maximum absolute atomic E-state index is 6.00. The number of halogens is 1. The lowest BCUT2D eigenvalue weighted by Crippen LogP contribution is -2.37. The molecule has 4 heteroatoms. The highest BCUT2D eigenvalue weighted by molar-refractivity contribution is 9.10. The van der Waals surface area contributed by atoms with Crippen molar-refractivity contribution in [2.75, 3.05) is 26.2 Å². The van der Waals surface area contributed by atoms with Crippen molar-refractivity contribution in [2.45, 2.75) is 26.2 Å². The van der Waals surface area contributed by atoms with E-state index in [0.29, 0.717) is 0 Å². The number of benzene rings is 2. The lowest BCUT2D eigenvalue weighted by molar-refractivity contribution is 0.173. The molecule has 2 aromatic carbocycles. The number of aryl methyl sites for hydroxylation is 1. The molecule has 0 atom stereocenters. The summed E-state index contributed by atoms with van der Waals surface area (Å²) in [5, 5.41) is 1.32. The van der Waals surface area contributed by atoms with Crippen molar-refractivity contribution in [3.63, 3.8) is 0 Å². The predicted octanol–water partition coefficient (Wildman–Crippen LogP) is 6.50. The average Bonchev–Trinajstić information content (AvgIpc) is 2.92. The number of thiophene rings is 1. The van der Waals surface area contributed by atoms with Crippen LogP contribution in [0.4, 0.5) is 0 Å². The standard InChI is InChI=1S/C22H24BrNOS/c1-16-22(17-5-7-18(23)8-6-17)20-10-9-19(15-21(20)26-16)25-14-3-2-11-24-12-4-13-24/h5-10,15H,2-4,11-14H2,1H3. The van der Waals surface area contributed by atoms with Gasteiger partial charge in [-0.05, 0) is 81.7 Å². The number of unbranched alkanes of at least 4 members (excludes halogenated alkanes) is 1. The second-order valence-corrected chi connectivity index (χ2v) is 9.12. The second-order valence-electron chi connectivity index (χ2n) is 6.95. The molecule has 0 amide bonds. The zero-order valence-electron chi connectivity index (χ0n) is 15.1. The summed E-state index contributed by atoms with van der Waals surface area (Å²) in [5.41, 5.74) is 2.62. The van der Waals surface area contributed by atoms with Gasteiger partial charge >= 0.3 is 0 Å². The Morgan fingerprint density at radius 3 is 2.62 bits per heavy atom. The number of likely N-dealkylation sites (tertiary alicyclic amines) is 1. The Balaban J connectivity index is 1.43. The molecule has 0 N–H and O–H groups in total. The molecule has 0 spiro atoms. The van der Waals surface area contributed by atoms with Crippen molar-refractivity contribution in [1.82, 2.24) is 4.90 Å². The fourth-order valence-electron chi connectivity index (χ4n) is 3.50. The van der Waals surface area contributed by atoms with Crippen LogP contribution < -0.4 is 4.74 Å². The molecule has 0 radical (unpaired) electrons. The molecule has 4 rings (SSSR count). The van der Waals surface area contributed by atoms with Crippen molar-refractivity contribution in [3.8, 4) is 16.9 Å². The van der Waals surface area contributed by atoms with E-state index in [1.807, 2.05) is 11.3 Å². The van der Waals surface area contributed by atoms with E-state index < -0.39 is 0 Å². The van der Waals surface area contributed by atoms with Crippen LogP contribution in [0.5, 0.6) is 5.75 Å². The van der Waals surface area contributed by atoms with Crippen molar-refractivity contribution >= 4 is 37.4 Å². The van der Waals surface area contributed by atoms with E-state index in [9.17, 15) is 0 Å². The Morgan fingerprint density at radius 2 is 1.88 bits per heavy atom. The van der Waals surface area contributed by atoms with Gasteiger partial charge in [-0.3, -0.25) is 0 Å². The third kappa shape index (κ3) is 3.98. The van der Waals surface area contributed by atoms with E-state index in [1.54, 1.807) is 0 Å². The molecule has 3 aromatic rings. The van der Waals surface area contributed by atoms with Gasteiger partial charge in [-0.25, -0.2) is 0 Å². The highest BCUT2D eigenvalue weighted by Gasteiger charge is 2.13. The molecule has 0 unspecified atom stereocenters. The number of hydrogen-bond acceptors (Lipinski definition) is 3. The molecule has 26 heavy (non-hydrogen) atoms. The van der Waals surface area contributed by atoms with Gasteiger partial charge in [0.2, 0.25) is 0 Å². The number of fused-ring (bicyclic) bond motifs is 1. The first-order chi connectivity index (χ1) is 12.7. The molecule has 0 aliphatic carbocycles. The van der Waals surface area contributed by atoms with Gasteiger partial charge in [0.1, 0.15) is 5.75 Å². The van der Waals surface area contributed by atoms with Crippen molar-refractivity contribution < 1.29 is 4.74 Å². The zero-order chi connectivity index (χ0) is 17.9. The Labute approximate surface area is 167 Å². The maximum atomic E-state index is 6.00. The summed E-state index contributed by atoms with van der Waals surface area (Å²) < 4.78 is 8.42. The molecule has 0 bridgehead atoms. The summed E-state index contributed by atoms with van der Waals surface area (Å²) in [4.78, 5) is 3.87. The SMILES string of the molecule is Cc1sc2cc(OCCCCN3CCC3)ccc2c1-c1ccc(Br)cc1.